The fraction of sp³-hybridized carbons (Fsp3) is 0.350. The normalized spacial score (nSPS) is 16.6. The van der Waals surface area contributed by atoms with Crippen LogP contribution in [0.2, 0.25) is 0 Å². The zero-order chi connectivity index (χ0) is 19.5. The van der Waals surface area contributed by atoms with Gasteiger partial charge in [-0.15, -0.1) is 11.3 Å². The minimum atomic E-state index is -0.920. The van der Waals surface area contributed by atoms with Crippen molar-refractivity contribution in [2.24, 2.45) is 0 Å². The van der Waals surface area contributed by atoms with Crippen molar-refractivity contribution in [3.05, 3.63) is 46.8 Å². The molecule has 3 aromatic rings. The summed E-state index contributed by atoms with van der Waals surface area (Å²) in [5.41, 5.74) is 2.21. The zero-order valence-electron chi connectivity index (χ0n) is 15.6. The summed E-state index contributed by atoms with van der Waals surface area (Å²) in [7, 11) is 1.72. The van der Waals surface area contributed by atoms with Crippen molar-refractivity contribution < 1.29 is 14.6 Å². The number of carboxylic acids is 1. The van der Waals surface area contributed by atoms with Crippen LogP contribution in [0.4, 0.5) is 11.8 Å². The number of thiophene rings is 1. The standard InChI is InChI=1S/C20H22N4O3S/c1-27-12-15-3-2-9-24(15)20-22-16-8-10-28-17(16)18(23-20)21-11-13-4-6-14(7-5-13)19(25)26/h4-8,10,15H,2-3,9,11-12H2,1H3,(H,25,26)(H,21,22,23)/t15-/m0/s1. The smallest absolute Gasteiger partial charge is 0.335 e. The van der Waals surface area contributed by atoms with Crippen LogP contribution in [0.3, 0.4) is 0 Å². The third kappa shape index (κ3) is 3.79. The Bertz CT molecular complexity index is 973. The highest BCUT2D eigenvalue weighted by molar-refractivity contribution is 7.17. The highest BCUT2D eigenvalue weighted by atomic mass is 32.1. The molecule has 4 rings (SSSR count). The van der Waals surface area contributed by atoms with Crippen LogP contribution < -0.4 is 10.2 Å². The van der Waals surface area contributed by atoms with Gasteiger partial charge in [0.1, 0.15) is 5.82 Å². The van der Waals surface area contributed by atoms with Crippen molar-refractivity contribution in [3.63, 3.8) is 0 Å². The first kappa shape index (κ1) is 18.6. The molecule has 1 atom stereocenters. The van der Waals surface area contributed by atoms with Gasteiger partial charge in [0.2, 0.25) is 5.95 Å². The number of rotatable bonds is 7. The fourth-order valence-electron chi connectivity index (χ4n) is 3.52. The molecule has 8 heteroatoms. The van der Waals surface area contributed by atoms with E-state index in [1.54, 1.807) is 30.6 Å². The van der Waals surface area contributed by atoms with Gasteiger partial charge in [0, 0.05) is 20.2 Å². The van der Waals surface area contributed by atoms with Gasteiger partial charge in [-0.25, -0.2) is 9.78 Å². The lowest BCUT2D eigenvalue weighted by molar-refractivity contribution is 0.0697. The molecule has 28 heavy (non-hydrogen) atoms. The summed E-state index contributed by atoms with van der Waals surface area (Å²) in [6, 6.07) is 9.19. The molecule has 1 aliphatic heterocycles. The maximum atomic E-state index is 11.0. The average molecular weight is 398 g/mol. The molecule has 0 radical (unpaired) electrons. The van der Waals surface area contributed by atoms with E-state index in [2.05, 4.69) is 10.2 Å². The first-order valence-electron chi connectivity index (χ1n) is 9.22. The maximum absolute atomic E-state index is 11.0. The Kier molecular flexibility index (Phi) is 5.40. The quantitative estimate of drug-likeness (QED) is 0.628. The number of anilines is 2. The van der Waals surface area contributed by atoms with Crippen molar-refractivity contribution >= 4 is 39.3 Å². The molecule has 3 heterocycles. The van der Waals surface area contributed by atoms with Crippen molar-refractivity contribution in [2.45, 2.75) is 25.4 Å². The minimum absolute atomic E-state index is 0.284. The SMILES string of the molecule is COC[C@@H]1CCCN1c1nc(NCc2ccc(C(=O)O)cc2)c2sccc2n1. The van der Waals surface area contributed by atoms with Gasteiger partial charge in [0.05, 0.1) is 28.4 Å². The third-order valence-electron chi connectivity index (χ3n) is 4.95. The molecule has 2 N–H and O–H groups in total. The molecule has 2 aromatic heterocycles. The van der Waals surface area contributed by atoms with E-state index in [1.165, 1.54) is 0 Å². The molecule has 0 bridgehead atoms. The summed E-state index contributed by atoms with van der Waals surface area (Å²) in [5.74, 6) is 0.617. The van der Waals surface area contributed by atoms with E-state index in [0.717, 1.165) is 46.9 Å². The molecule has 0 saturated carbocycles. The summed E-state index contributed by atoms with van der Waals surface area (Å²) in [4.78, 5) is 22.8. The lowest BCUT2D eigenvalue weighted by Crippen LogP contribution is -2.34. The predicted octanol–water partition coefficient (Wildman–Crippen LogP) is 3.62. The number of aromatic carboxylic acids is 1. The van der Waals surface area contributed by atoms with E-state index in [1.807, 2.05) is 23.6 Å². The van der Waals surface area contributed by atoms with Gasteiger partial charge in [-0.2, -0.15) is 4.98 Å². The number of fused-ring (bicyclic) bond motifs is 1. The number of hydrogen-bond donors (Lipinski definition) is 2. The van der Waals surface area contributed by atoms with Gasteiger partial charge >= 0.3 is 5.97 Å². The van der Waals surface area contributed by atoms with Crippen LogP contribution in [0.1, 0.15) is 28.8 Å². The molecule has 7 nitrogen and oxygen atoms in total. The van der Waals surface area contributed by atoms with Crippen LogP contribution in [0.5, 0.6) is 0 Å². The maximum Gasteiger partial charge on any atom is 0.335 e. The summed E-state index contributed by atoms with van der Waals surface area (Å²) in [6.07, 6.45) is 2.19. The van der Waals surface area contributed by atoms with Crippen LogP contribution in [-0.4, -0.2) is 47.3 Å². The second-order valence-corrected chi connectivity index (χ2v) is 7.72. The molecule has 0 amide bonds. The van der Waals surface area contributed by atoms with E-state index < -0.39 is 5.97 Å². The molecule has 1 saturated heterocycles. The van der Waals surface area contributed by atoms with Crippen LogP contribution >= 0.6 is 11.3 Å². The average Bonchev–Trinajstić information content (AvgIpc) is 3.35. The van der Waals surface area contributed by atoms with E-state index in [4.69, 9.17) is 19.8 Å². The number of methoxy groups -OCH3 is 1. The van der Waals surface area contributed by atoms with Gasteiger partial charge in [-0.05, 0) is 42.0 Å². The van der Waals surface area contributed by atoms with Crippen LogP contribution in [0.15, 0.2) is 35.7 Å². The Labute approximate surface area is 167 Å². The molecule has 0 unspecified atom stereocenters. The minimum Gasteiger partial charge on any atom is -0.478 e. The summed E-state index contributed by atoms with van der Waals surface area (Å²) >= 11 is 1.61. The highest BCUT2D eigenvalue weighted by Gasteiger charge is 2.27. The number of carbonyl (C=O) groups is 1. The number of nitrogens with zero attached hydrogens (tertiary/aromatic N) is 3. The Morgan fingerprint density at radius 2 is 2.14 bits per heavy atom. The van der Waals surface area contributed by atoms with Crippen molar-refractivity contribution in [2.75, 3.05) is 30.5 Å². The van der Waals surface area contributed by atoms with E-state index in [9.17, 15) is 4.79 Å². The highest BCUT2D eigenvalue weighted by Crippen LogP contribution is 2.31. The zero-order valence-corrected chi connectivity index (χ0v) is 16.4. The van der Waals surface area contributed by atoms with E-state index in [0.29, 0.717) is 19.2 Å². The number of hydrogen-bond acceptors (Lipinski definition) is 7. The number of aromatic nitrogens is 2. The van der Waals surface area contributed by atoms with Crippen molar-refractivity contribution in [3.8, 4) is 0 Å². The second-order valence-electron chi connectivity index (χ2n) is 6.81. The molecule has 1 aromatic carbocycles. The van der Waals surface area contributed by atoms with Crippen LogP contribution in [0, 0.1) is 0 Å². The lowest BCUT2D eigenvalue weighted by Gasteiger charge is -2.24. The molecule has 0 aliphatic carbocycles. The number of nitrogens with one attached hydrogen (secondary N) is 1. The third-order valence-corrected chi connectivity index (χ3v) is 5.86. The van der Waals surface area contributed by atoms with Crippen LogP contribution in [0.25, 0.3) is 10.2 Å². The van der Waals surface area contributed by atoms with Gasteiger partial charge < -0.3 is 20.1 Å². The molecular formula is C20H22N4O3S. The number of carboxylic acid groups (broad SMARTS) is 1. The Hall–Kier alpha value is -2.71. The van der Waals surface area contributed by atoms with Crippen LogP contribution in [-0.2, 0) is 11.3 Å². The first-order chi connectivity index (χ1) is 13.7. The first-order valence-corrected chi connectivity index (χ1v) is 10.1. The van der Waals surface area contributed by atoms with Gasteiger partial charge in [0.25, 0.3) is 0 Å². The van der Waals surface area contributed by atoms with E-state index >= 15 is 0 Å². The number of benzene rings is 1. The summed E-state index contributed by atoms with van der Waals surface area (Å²) < 4.78 is 6.38. The topological polar surface area (TPSA) is 87.6 Å². The fourth-order valence-corrected chi connectivity index (χ4v) is 4.31. The molecule has 1 fully saturated rings. The Morgan fingerprint density at radius 1 is 1.32 bits per heavy atom. The van der Waals surface area contributed by atoms with Gasteiger partial charge in [-0.1, -0.05) is 12.1 Å². The van der Waals surface area contributed by atoms with Crippen molar-refractivity contribution in [1.82, 2.24) is 9.97 Å². The molecule has 1 aliphatic rings. The van der Waals surface area contributed by atoms with Crippen molar-refractivity contribution in [1.29, 1.82) is 0 Å². The summed E-state index contributed by atoms with van der Waals surface area (Å²) in [6.45, 7) is 2.16. The number of ether oxygens (including phenoxy) is 1. The Balaban J connectivity index is 1.57. The monoisotopic (exact) mass is 398 g/mol. The molecular weight excluding hydrogens is 376 g/mol. The van der Waals surface area contributed by atoms with Gasteiger partial charge in [-0.3, -0.25) is 0 Å². The Morgan fingerprint density at radius 3 is 2.89 bits per heavy atom. The van der Waals surface area contributed by atoms with E-state index in [-0.39, 0.29) is 5.56 Å². The molecule has 0 spiro atoms. The summed E-state index contributed by atoms with van der Waals surface area (Å²) in [5, 5.41) is 14.5. The second kappa shape index (κ2) is 8.12. The largest absolute Gasteiger partial charge is 0.478 e. The molecule has 146 valence electrons. The predicted molar refractivity (Wildman–Crippen MR) is 110 cm³/mol. The van der Waals surface area contributed by atoms with Gasteiger partial charge in [0.15, 0.2) is 0 Å². The lowest BCUT2D eigenvalue weighted by atomic mass is 10.1.